The van der Waals surface area contributed by atoms with Gasteiger partial charge in [0.25, 0.3) is 5.91 Å². The predicted molar refractivity (Wildman–Crippen MR) is 96.0 cm³/mol. The maximum absolute atomic E-state index is 13.7. The Morgan fingerprint density at radius 3 is 2.72 bits per heavy atom. The Labute approximate surface area is 146 Å². The van der Waals surface area contributed by atoms with Crippen molar-refractivity contribution in [1.29, 1.82) is 0 Å². The Hall–Kier alpha value is -2.95. The monoisotopic (exact) mass is 338 g/mol. The molecule has 0 bridgehead atoms. The van der Waals surface area contributed by atoms with Gasteiger partial charge < -0.3 is 10.1 Å². The largest absolute Gasteiger partial charge is 0.496 e. The lowest BCUT2D eigenvalue weighted by Gasteiger charge is -2.04. The number of aryl methyl sites for hydroxylation is 2. The molecule has 1 aliphatic rings. The predicted octanol–water partition coefficient (Wildman–Crippen LogP) is 3.64. The molecule has 0 spiro atoms. The molecule has 2 aromatic carbocycles. The van der Waals surface area contributed by atoms with Crippen LogP contribution in [-0.4, -0.2) is 18.9 Å². The minimum Gasteiger partial charge on any atom is -0.496 e. The van der Waals surface area contributed by atoms with Crippen molar-refractivity contribution in [3.8, 4) is 5.75 Å². The van der Waals surface area contributed by atoms with Gasteiger partial charge in [-0.05, 0) is 54.3 Å². The van der Waals surface area contributed by atoms with Crippen molar-refractivity contribution < 1.29 is 13.9 Å². The van der Waals surface area contributed by atoms with Gasteiger partial charge in [-0.3, -0.25) is 4.79 Å². The molecule has 0 fully saturated rings. The lowest BCUT2D eigenvalue weighted by atomic mass is 10.1. The number of hydrogen-bond donors (Lipinski definition) is 1. The maximum Gasteiger partial charge on any atom is 0.275 e. The number of nitrogens with zero attached hydrogens (tertiary/aromatic N) is 1. The van der Waals surface area contributed by atoms with E-state index < -0.39 is 0 Å². The van der Waals surface area contributed by atoms with Crippen molar-refractivity contribution >= 4 is 17.8 Å². The van der Waals surface area contributed by atoms with Crippen molar-refractivity contribution in [2.24, 2.45) is 4.99 Å². The molecule has 25 heavy (non-hydrogen) atoms. The van der Waals surface area contributed by atoms with Crippen LogP contribution in [0.4, 0.5) is 4.39 Å². The number of amidine groups is 1. The van der Waals surface area contributed by atoms with E-state index in [1.165, 1.54) is 6.07 Å². The van der Waals surface area contributed by atoms with Gasteiger partial charge in [0.05, 0.1) is 7.11 Å². The van der Waals surface area contributed by atoms with Crippen molar-refractivity contribution in [1.82, 2.24) is 5.32 Å². The van der Waals surface area contributed by atoms with Crippen LogP contribution in [0.5, 0.6) is 5.75 Å². The number of methoxy groups -OCH3 is 1. The molecule has 4 nitrogen and oxygen atoms in total. The minimum absolute atomic E-state index is 0.239. The average Bonchev–Trinajstić information content (AvgIpc) is 2.94. The molecule has 3 rings (SSSR count). The number of amides is 1. The Morgan fingerprint density at radius 1 is 1.20 bits per heavy atom. The number of carbonyl (C=O) groups is 1. The van der Waals surface area contributed by atoms with Gasteiger partial charge in [-0.15, -0.1) is 0 Å². The number of halogens is 1. The molecule has 1 aliphatic heterocycles. The Morgan fingerprint density at radius 2 is 2.00 bits per heavy atom. The van der Waals surface area contributed by atoms with Crippen molar-refractivity contribution in [3.05, 3.63) is 70.7 Å². The lowest BCUT2D eigenvalue weighted by molar-refractivity contribution is -0.115. The molecule has 0 saturated carbocycles. The summed E-state index contributed by atoms with van der Waals surface area (Å²) in [5.74, 6) is 0.880. The number of ether oxygens (including phenoxy) is 1. The number of rotatable bonds is 5. The fourth-order valence-corrected chi connectivity index (χ4v) is 2.74. The molecule has 1 heterocycles. The topological polar surface area (TPSA) is 50.7 Å². The van der Waals surface area contributed by atoms with Gasteiger partial charge in [0.15, 0.2) is 0 Å². The second kappa shape index (κ2) is 7.30. The normalized spacial score (nSPS) is 15.2. The Bertz CT molecular complexity index is 872. The SMILES string of the molecule is COc1ccc(/C=C2/N=C(CCc3ccccc3F)NC2=O)cc1C. The maximum atomic E-state index is 13.7. The average molecular weight is 338 g/mol. The van der Waals surface area contributed by atoms with Crippen LogP contribution in [0.3, 0.4) is 0 Å². The zero-order valence-corrected chi connectivity index (χ0v) is 14.2. The van der Waals surface area contributed by atoms with Crippen LogP contribution in [0.25, 0.3) is 6.08 Å². The summed E-state index contributed by atoms with van der Waals surface area (Å²) in [6, 6.07) is 12.3. The first-order valence-electron chi connectivity index (χ1n) is 8.05. The van der Waals surface area contributed by atoms with E-state index in [2.05, 4.69) is 10.3 Å². The molecular weight excluding hydrogens is 319 g/mol. The molecule has 0 aliphatic carbocycles. The van der Waals surface area contributed by atoms with Gasteiger partial charge >= 0.3 is 0 Å². The number of hydrogen-bond acceptors (Lipinski definition) is 3. The van der Waals surface area contributed by atoms with Crippen LogP contribution in [0, 0.1) is 12.7 Å². The van der Waals surface area contributed by atoms with Crippen LogP contribution >= 0.6 is 0 Å². The van der Waals surface area contributed by atoms with E-state index in [9.17, 15) is 9.18 Å². The molecule has 0 atom stereocenters. The van der Waals surface area contributed by atoms with Crippen molar-refractivity contribution in [3.63, 3.8) is 0 Å². The summed E-state index contributed by atoms with van der Waals surface area (Å²) in [5.41, 5.74) is 2.83. The van der Waals surface area contributed by atoms with E-state index in [4.69, 9.17) is 4.74 Å². The first-order valence-corrected chi connectivity index (χ1v) is 8.05. The smallest absolute Gasteiger partial charge is 0.275 e. The van der Waals surface area contributed by atoms with E-state index in [-0.39, 0.29) is 11.7 Å². The van der Waals surface area contributed by atoms with Gasteiger partial charge in [0.1, 0.15) is 23.1 Å². The van der Waals surface area contributed by atoms with Gasteiger partial charge in [-0.2, -0.15) is 0 Å². The van der Waals surface area contributed by atoms with Gasteiger partial charge in [-0.25, -0.2) is 9.38 Å². The standard InChI is InChI=1S/C20H19FN2O2/c1-13-11-14(7-9-18(13)25-2)12-17-20(24)23-19(22-17)10-8-15-5-3-4-6-16(15)21/h3-7,9,11-12H,8,10H2,1-2H3,(H,22,23,24)/b17-12+. The summed E-state index contributed by atoms with van der Waals surface area (Å²) in [6.45, 7) is 1.94. The van der Waals surface area contributed by atoms with Crippen LogP contribution < -0.4 is 10.1 Å². The fourth-order valence-electron chi connectivity index (χ4n) is 2.74. The highest BCUT2D eigenvalue weighted by Gasteiger charge is 2.20. The molecule has 1 N–H and O–H groups in total. The molecule has 0 radical (unpaired) electrons. The van der Waals surface area contributed by atoms with E-state index in [0.29, 0.717) is 29.9 Å². The van der Waals surface area contributed by atoms with Crippen LogP contribution in [0.1, 0.15) is 23.1 Å². The van der Waals surface area contributed by atoms with Gasteiger partial charge in [-0.1, -0.05) is 24.3 Å². The fraction of sp³-hybridized carbons (Fsp3) is 0.200. The summed E-state index contributed by atoms with van der Waals surface area (Å²) in [7, 11) is 1.62. The zero-order chi connectivity index (χ0) is 17.8. The summed E-state index contributed by atoms with van der Waals surface area (Å²) in [4.78, 5) is 16.4. The number of carbonyl (C=O) groups excluding carboxylic acids is 1. The Kier molecular flexibility index (Phi) is 4.93. The van der Waals surface area contributed by atoms with Crippen LogP contribution in [0.2, 0.25) is 0 Å². The van der Waals surface area contributed by atoms with Crippen LogP contribution in [-0.2, 0) is 11.2 Å². The first kappa shape index (κ1) is 16.9. The second-order valence-corrected chi connectivity index (χ2v) is 5.86. The summed E-state index contributed by atoms with van der Waals surface area (Å²) >= 11 is 0. The zero-order valence-electron chi connectivity index (χ0n) is 14.2. The summed E-state index contributed by atoms with van der Waals surface area (Å²) in [5, 5.41) is 2.75. The minimum atomic E-state index is -0.239. The molecule has 0 aromatic heterocycles. The third-order valence-electron chi connectivity index (χ3n) is 4.06. The molecule has 0 saturated heterocycles. The van der Waals surface area contributed by atoms with Gasteiger partial charge in [0, 0.05) is 6.42 Å². The quantitative estimate of drug-likeness (QED) is 0.846. The molecule has 5 heteroatoms. The molecular formula is C20H19FN2O2. The number of aliphatic imine (C=N–C) groups is 1. The number of nitrogens with one attached hydrogen (secondary N) is 1. The highest BCUT2D eigenvalue weighted by Crippen LogP contribution is 2.21. The molecule has 2 aromatic rings. The van der Waals surface area contributed by atoms with Crippen molar-refractivity contribution in [2.75, 3.05) is 7.11 Å². The van der Waals surface area contributed by atoms with E-state index in [0.717, 1.165) is 16.9 Å². The summed E-state index contributed by atoms with van der Waals surface area (Å²) < 4.78 is 18.9. The molecule has 128 valence electrons. The van der Waals surface area contributed by atoms with Crippen molar-refractivity contribution in [2.45, 2.75) is 19.8 Å². The van der Waals surface area contributed by atoms with E-state index in [1.807, 2.05) is 25.1 Å². The third-order valence-corrected chi connectivity index (χ3v) is 4.06. The second-order valence-electron chi connectivity index (χ2n) is 5.86. The first-order chi connectivity index (χ1) is 12.1. The molecule has 0 unspecified atom stereocenters. The number of benzene rings is 2. The molecule has 1 amide bonds. The van der Waals surface area contributed by atoms with E-state index >= 15 is 0 Å². The van der Waals surface area contributed by atoms with Gasteiger partial charge in [0.2, 0.25) is 0 Å². The third kappa shape index (κ3) is 3.94. The van der Waals surface area contributed by atoms with E-state index in [1.54, 1.807) is 31.4 Å². The highest BCUT2D eigenvalue weighted by molar-refractivity contribution is 6.14. The lowest BCUT2D eigenvalue weighted by Crippen LogP contribution is -2.24. The van der Waals surface area contributed by atoms with Crippen LogP contribution in [0.15, 0.2) is 53.2 Å². The highest BCUT2D eigenvalue weighted by atomic mass is 19.1. The Balaban J connectivity index is 1.73. The summed E-state index contributed by atoms with van der Waals surface area (Å²) in [6.07, 6.45) is 2.70.